The van der Waals surface area contributed by atoms with Gasteiger partial charge >= 0.3 is 0 Å². The topological polar surface area (TPSA) is 36.7 Å². The molecule has 3 heteroatoms. The highest BCUT2D eigenvalue weighted by molar-refractivity contribution is 7.10. The van der Waals surface area contributed by atoms with Crippen LogP contribution in [0.5, 0.6) is 0 Å². The summed E-state index contributed by atoms with van der Waals surface area (Å²) in [4.78, 5) is 6.03. The largest absolute Gasteiger partial charge is 0.255 e. The summed E-state index contributed by atoms with van der Waals surface area (Å²) in [6.45, 7) is 13.5. The molecular weight excluding hydrogens is 408 g/mol. The van der Waals surface area contributed by atoms with Gasteiger partial charge in [0.1, 0.15) is 6.07 Å². The van der Waals surface area contributed by atoms with Crippen LogP contribution in [0.4, 0.5) is 0 Å². The molecule has 2 heterocycles. The lowest BCUT2D eigenvalue weighted by molar-refractivity contribution is 0.414. The molecule has 0 spiro atoms. The normalized spacial score (nSPS) is 12.2. The number of thiophene rings is 1. The SMILES string of the molecule is CC(C)(C)Cc1cc(-c2cc(-c3cc(C(C)(C)C)c4ccccc4c3)ncc2C#N)cs1. The van der Waals surface area contributed by atoms with E-state index >= 15 is 0 Å². The smallest absolute Gasteiger partial charge is 0.101 e. The number of rotatable bonds is 3. The number of nitrogens with zero attached hydrogens (tertiary/aromatic N) is 2. The molecule has 0 radical (unpaired) electrons. The zero-order chi connectivity index (χ0) is 23.1. The Morgan fingerprint density at radius 3 is 2.38 bits per heavy atom. The maximum Gasteiger partial charge on any atom is 0.101 e. The Balaban J connectivity index is 1.85. The van der Waals surface area contributed by atoms with Crippen LogP contribution in [0.25, 0.3) is 33.2 Å². The highest BCUT2D eigenvalue weighted by Gasteiger charge is 2.20. The molecule has 2 nitrogen and oxygen atoms in total. The van der Waals surface area contributed by atoms with Crippen molar-refractivity contribution in [1.82, 2.24) is 4.98 Å². The van der Waals surface area contributed by atoms with Crippen molar-refractivity contribution in [2.45, 2.75) is 53.4 Å². The first-order chi connectivity index (χ1) is 15.0. The van der Waals surface area contributed by atoms with E-state index in [2.05, 4.69) is 107 Å². The number of benzene rings is 2. The molecule has 0 saturated heterocycles. The van der Waals surface area contributed by atoms with Crippen molar-refractivity contribution in [1.29, 1.82) is 5.26 Å². The fourth-order valence-corrected chi connectivity index (χ4v) is 5.34. The highest BCUT2D eigenvalue weighted by Crippen LogP contribution is 2.37. The number of nitriles is 1. The van der Waals surface area contributed by atoms with E-state index in [1.54, 1.807) is 17.5 Å². The summed E-state index contributed by atoms with van der Waals surface area (Å²) in [6.07, 6.45) is 2.74. The van der Waals surface area contributed by atoms with Crippen LogP contribution in [0.2, 0.25) is 0 Å². The molecule has 0 aliphatic heterocycles. The summed E-state index contributed by atoms with van der Waals surface area (Å²) in [5, 5.41) is 14.4. The Kier molecular flexibility index (Phi) is 5.69. The molecule has 0 N–H and O–H groups in total. The average molecular weight is 439 g/mol. The number of fused-ring (bicyclic) bond motifs is 1. The lowest BCUT2D eigenvalue weighted by atomic mass is 9.82. The summed E-state index contributed by atoms with van der Waals surface area (Å²) in [6, 6.07) is 19.7. The van der Waals surface area contributed by atoms with E-state index in [0.717, 1.165) is 28.8 Å². The molecule has 0 unspecified atom stereocenters. The molecule has 0 aliphatic rings. The number of aromatic nitrogens is 1. The second-order valence-corrected chi connectivity index (χ2v) is 11.8. The summed E-state index contributed by atoms with van der Waals surface area (Å²) < 4.78 is 0. The van der Waals surface area contributed by atoms with Crippen LogP contribution in [0.15, 0.2) is 60.1 Å². The van der Waals surface area contributed by atoms with Crippen LogP contribution < -0.4 is 0 Å². The van der Waals surface area contributed by atoms with Gasteiger partial charge in [-0.3, -0.25) is 4.98 Å². The van der Waals surface area contributed by atoms with Gasteiger partial charge in [-0.15, -0.1) is 11.3 Å². The second-order valence-electron chi connectivity index (χ2n) is 10.8. The van der Waals surface area contributed by atoms with Gasteiger partial charge in [0, 0.05) is 22.2 Å². The quantitative estimate of drug-likeness (QED) is 0.322. The van der Waals surface area contributed by atoms with E-state index in [-0.39, 0.29) is 10.8 Å². The summed E-state index contributed by atoms with van der Waals surface area (Å²) >= 11 is 1.77. The molecule has 4 aromatic rings. The second kappa shape index (κ2) is 8.19. The zero-order valence-corrected chi connectivity index (χ0v) is 20.6. The standard InChI is InChI=1S/C29H30N2S/c1-28(2,3)15-23-12-21(18-32-23)25-14-27(31-17-22(25)16-30)20-11-19-9-7-8-10-24(19)26(13-20)29(4,5)6/h7-14,17-18H,15H2,1-6H3. The van der Waals surface area contributed by atoms with E-state index in [1.165, 1.54) is 21.2 Å². The third kappa shape index (κ3) is 4.61. The van der Waals surface area contributed by atoms with Crippen molar-refractivity contribution in [3.05, 3.63) is 76.1 Å². The Hall–Kier alpha value is -2.96. The molecule has 0 amide bonds. The fourth-order valence-electron chi connectivity index (χ4n) is 4.16. The molecule has 0 saturated carbocycles. The van der Waals surface area contributed by atoms with Crippen LogP contribution in [-0.4, -0.2) is 4.98 Å². The van der Waals surface area contributed by atoms with Crippen LogP contribution in [0.1, 0.15) is 57.5 Å². The summed E-state index contributed by atoms with van der Waals surface area (Å²) in [5.41, 5.74) is 6.22. The third-order valence-corrected chi connectivity index (χ3v) is 6.60. The molecule has 0 atom stereocenters. The molecule has 0 fully saturated rings. The molecule has 0 bridgehead atoms. The van der Waals surface area contributed by atoms with Crippen LogP contribution in [0.3, 0.4) is 0 Å². The van der Waals surface area contributed by atoms with E-state index in [4.69, 9.17) is 0 Å². The van der Waals surface area contributed by atoms with Gasteiger partial charge in [-0.2, -0.15) is 5.26 Å². The van der Waals surface area contributed by atoms with Gasteiger partial charge in [0.05, 0.1) is 11.3 Å². The van der Waals surface area contributed by atoms with E-state index < -0.39 is 0 Å². The first-order valence-electron chi connectivity index (χ1n) is 11.1. The Morgan fingerprint density at radius 1 is 0.938 bits per heavy atom. The Morgan fingerprint density at radius 2 is 1.69 bits per heavy atom. The van der Waals surface area contributed by atoms with Gasteiger partial charge in [-0.05, 0) is 68.8 Å². The monoisotopic (exact) mass is 438 g/mol. The van der Waals surface area contributed by atoms with Crippen molar-refractivity contribution in [3.8, 4) is 28.5 Å². The van der Waals surface area contributed by atoms with Crippen molar-refractivity contribution in [2.24, 2.45) is 5.41 Å². The number of pyridine rings is 1. The summed E-state index contributed by atoms with van der Waals surface area (Å²) in [5.74, 6) is 0. The highest BCUT2D eigenvalue weighted by atomic mass is 32.1. The van der Waals surface area contributed by atoms with Crippen molar-refractivity contribution < 1.29 is 0 Å². The molecule has 2 aromatic carbocycles. The van der Waals surface area contributed by atoms with Crippen LogP contribution in [0, 0.1) is 16.7 Å². The molecule has 162 valence electrons. The lowest BCUT2D eigenvalue weighted by Gasteiger charge is -2.22. The Bertz CT molecular complexity index is 1320. The first-order valence-corrected chi connectivity index (χ1v) is 11.9. The fraction of sp³-hybridized carbons (Fsp3) is 0.310. The van der Waals surface area contributed by atoms with Crippen LogP contribution >= 0.6 is 11.3 Å². The molecular formula is C29H30N2S. The Labute approximate surface area is 195 Å². The molecule has 4 rings (SSSR count). The van der Waals surface area contributed by atoms with Gasteiger partial charge in [-0.25, -0.2) is 0 Å². The van der Waals surface area contributed by atoms with Gasteiger partial charge in [0.15, 0.2) is 0 Å². The van der Waals surface area contributed by atoms with Gasteiger partial charge in [0.25, 0.3) is 0 Å². The minimum Gasteiger partial charge on any atom is -0.255 e. The lowest BCUT2D eigenvalue weighted by Crippen LogP contribution is -2.12. The van der Waals surface area contributed by atoms with E-state index in [0.29, 0.717) is 5.56 Å². The third-order valence-electron chi connectivity index (χ3n) is 5.66. The summed E-state index contributed by atoms with van der Waals surface area (Å²) in [7, 11) is 0. The minimum atomic E-state index is 0.0141. The number of hydrogen-bond acceptors (Lipinski definition) is 3. The number of hydrogen-bond donors (Lipinski definition) is 0. The van der Waals surface area contributed by atoms with E-state index in [1.807, 2.05) is 0 Å². The predicted molar refractivity (Wildman–Crippen MR) is 137 cm³/mol. The van der Waals surface area contributed by atoms with Crippen molar-refractivity contribution in [2.75, 3.05) is 0 Å². The van der Waals surface area contributed by atoms with Crippen LogP contribution in [-0.2, 0) is 11.8 Å². The van der Waals surface area contributed by atoms with Crippen molar-refractivity contribution in [3.63, 3.8) is 0 Å². The molecule has 0 aliphatic carbocycles. The predicted octanol–water partition coefficient (Wildman–Crippen LogP) is 8.39. The zero-order valence-electron chi connectivity index (χ0n) is 19.8. The van der Waals surface area contributed by atoms with Crippen molar-refractivity contribution >= 4 is 22.1 Å². The maximum absolute atomic E-state index is 9.74. The van der Waals surface area contributed by atoms with Gasteiger partial charge < -0.3 is 0 Å². The molecule has 32 heavy (non-hydrogen) atoms. The molecule has 2 aromatic heterocycles. The first kappa shape index (κ1) is 22.2. The maximum atomic E-state index is 9.74. The average Bonchev–Trinajstić information content (AvgIpc) is 3.18. The van der Waals surface area contributed by atoms with E-state index in [9.17, 15) is 5.26 Å². The van der Waals surface area contributed by atoms with Gasteiger partial charge in [0.2, 0.25) is 0 Å². The van der Waals surface area contributed by atoms with Gasteiger partial charge in [-0.1, -0.05) is 65.8 Å². The minimum absolute atomic E-state index is 0.0141.